The highest BCUT2D eigenvalue weighted by molar-refractivity contribution is 5.87. The summed E-state index contributed by atoms with van der Waals surface area (Å²) in [7, 11) is 0. The highest BCUT2D eigenvalue weighted by Crippen LogP contribution is 2.34. The third-order valence-corrected chi connectivity index (χ3v) is 5.73. The Hall–Kier alpha value is -4.43. The summed E-state index contributed by atoms with van der Waals surface area (Å²) < 4.78 is 0. The summed E-state index contributed by atoms with van der Waals surface area (Å²) >= 11 is 0. The maximum Gasteiger partial charge on any atom is 0.0639 e. The first kappa shape index (κ1) is 21.4. The third-order valence-electron chi connectivity index (χ3n) is 5.73. The van der Waals surface area contributed by atoms with Crippen LogP contribution in [-0.2, 0) is 6.54 Å². The molecule has 164 valence electrons. The van der Waals surface area contributed by atoms with E-state index in [0.717, 1.165) is 16.9 Å². The second-order valence-corrected chi connectivity index (χ2v) is 8.20. The lowest BCUT2D eigenvalue weighted by molar-refractivity contribution is 1.08. The number of rotatable bonds is 7. The zero-order chi connectivity index (χ0) is 23.0. The highest BCUT2D eigenvalue weighted by Gasteiger charge is 2.08. The molecule has 1 N–H and O–H groups in total. The van der Waals surface area contributed by atoms with Gasteiger partial charge in [0.1, 0.15) is 0 Å². The SMILES string of the molecule is C(=N\Cc1ccccc1)/c1cccc(Nc2cc(-c3ccccc3)ccc2-c2ccccc2)c1. The van der Waals surface area contributed by atoms with Gasteiger partial charge in [-0.15, -0.1) is 0 Å². The maximum absolute atomic E-state index is 4.63. The molecule has 0 aromatic heterocycles. The van der Waals surface area contributed by atoms with Gasteiger partial charge in [-0.2, -0.15) is 0 Å². The average Bonchev–Trinajstić information content (AvgIpc) is 2.91. The van der Waals surface area contributed by atoms with Crippen LogP contribution in [0.4, 0.5) is 11.4 Å². The monoisotopic (exact) mass is 438 g/mol. The largest absolute Gasteiger partial charge is 0.355 e. The van der Waals surface area contributed by atoms with Crippen LogP contribution >= 0.6 is 0 Å². The van der Waals surface area contributed by atoms with Gasteiger partial charge >= 0.3 is 0 Å². The van der Waals surface area contributed by atoms with E-state index in [4.69, 9.17) is 0 Å². The molecule has 0 saturated carbocycles. The van der Waals surface area contributed by atoms with Crippen LogP contribution in [0.5, 0.6) is 0 Å². The number of anilines is 2. The summed E-state index contributed by atoms with van der Waals surface area (Å²) in [6, 6.07) is 46.3. The number of benzene rings is 5. The van der Waals surface area contributed by atoms with Gasteiger partial charge in [-0.25, -0.2) is 0 Å². The maximum atomic E-state index is 4.63. The van der Waals surface area contributed by atoms with E-state index in [-0.39, 0.29) is 0 Å². The summed E-state index contributed by atoms with van der Waals surface area (Å²) in [5.74, 6) is 0. The minimum absolute atomic E-state index is 0.676. The normalized spacial score (nSPS) is 10.9. The van der Waals surface area contributed by atoms with E-state index in [9.17, 15) is 0 Å². The smallest absolute Gasteiger partial charge is 0.0639 e. The van der Waals surface area contributed by atoms with Crippen LogP contribution in [0.2, 0.25) is 0 Å². The van der Waals surface area contributed by atoms with E-state index >= 15 is 0 Å². The number of nitrogens with one attached hydrogen (secondary N) is 1. The Labute approximate surface area is 201 Å². The molecule has 2 nitrogen and oxygen atoms in total. The zero-order valence-corrected chi connectivity index (χ0v) is 18.9. The molecule has 0 aliphatic heterocycles. The van der Waals surface area contributed by atoms with E-state index in [1.165, 1.54) is 27.8 Å². The van der Waals surface area contributed by atoms with E-state index < -0.39 is 0 Å². The van der Waals surface area contributed by atoms with Crippen LogP contribution in [0.3, 0.4) is 0 Å². The first-order valence-electron chi connectivity index (χ1n) is 11.5. The number of hydrogen-bond donors (Lipinski definition) is 1. The van der Waals surface area contributed by atoms with Gasteiger partial charge in [0.05, 0.1) is 6.54 Å². The van der Waals surface area contributed by atoms with Crippen molar-refractivity contribution in [2.45, 2.75) is 6.54 Å². The Kier molecular flexibility index (Phi) is 6.59. The molecule has 0 heterocycles. The minimum atomic E-state index is 0.676. The molecule has 0 aliphatic rings. The van der Waals surface area contributed by atoms with Crippen molar-refractivity contribution in [1.29, 1.82) is 0 Å². The molecule has 0 bridgehead atoms. The topological polar surface area (TPSA) is 24.4 Å². The molecule has 5 rings (SSSR count). The lowest BCUT2D eigenvalue weighted by atomic mass is 9.98. The van der Waals surface area contributed by atoms with Crippen molar-refractivity contribution in [3.05, 3.63) is 145 Å². The molecule has 2 heteroatoms. The van der Waals surface area contributed by atoms with E-state index in [1.807, 2.05) is 36.5 Å². The Morgan fingerprint density at radius 1 is 0.559 bits per heavy atom. The zero-order valence-electron chi connectivity index (χ0n) is 18.9. The fraction of sp³-hybridized carbons (Fsp3) is 0.0312. The predicted molar refractivity (Wildman–Crippen MR) is 145 cm³/mol. The molecule has 0 radical (unpaired) electrons. The third kappa shape index (κ3) is 5.31. The van der Waals surface area contributed by atoms with Crippen molar-refractivity contribution in [2.75, 3.05) is 5.32 Å². The molecule has 0 unspecified atom stereocenters. The predicted octanol–water partition coefficient (Wildman–Crippen LogP) is 8.38. The van der Waals surface area contributed by atoms with Gasteiger partial charge < -0.3 is 5.32 Å². The first-order chi connectivity index (χ1) is 16.8. The van der Waals surface area contributed by atoms with E-state index in [1.54, 1.807) is 0 Å². The van der Waals surface area contributed by atoms with Gasteiger partial charge in [0, 0.05) is 23.2 Å². The molecule has 0 saturated heterocycles. The summed E-state index contributed by atoms with van der Waals surface area (Å²) in [5, 5.41) is 3.67. The number of nitrogens with zero attached hydrogens (tertiary/aromatic N) is 1. The lowest BCUT2D eigenvalue weighted by Gasteiger charge is -2.15. The standard InChI is InChI=1S/C32H26N2/c1-4-11-25(12-5-1)23-33-24-26-13-10-18-30(21-26)34-32-22-29(27-14-6-2-7-15-27)19-20-31(32)28-16-8-3-9-17-28/h1-22,24,34H,23H2/b33-24+. The molecule has 0 fully saturated rings. The van der Waals surface area contributed by atoms with Crippen LogP contribution in [0.15, 0.2) is 138 Å². The Morgan fingerprint density at radius 2 is 1.24 bits per heavy atom. The van der Waals surface area contributed by atoms with Gasteiger partial charge in [0.25, 0.3) is 0 Å². The van der Waals surface area contributed by atoms with Crippen LogP contribution in [0.25, 0.3) is 22.3 Å². The minimum Gasteiger partial charge on any atom is -0.355 e. The van der Waals surface area contributed by atoms with Gasteiger partial charge in [0.2, 0.25) is 0 Å². The van der Waals surface area contributed by atoms with Crippen LogP contribution < -0.4 is 5.32 Å². The van der Waals surface area contributed by atoms with E-state index in [0.29, 0.717) is 6.54 Å². The van der Waals surface area contributed by atoms with Crippen molar-refractivity contribution >= 4 is 17.6 Å². The van der Waals surface area contributed by atoms with Gasteiger partial charge in [-0.05, 0) is 46.0 Å². The second kappa shape index (κ2) is 10.5. The van der Waals surface area contributed by atoms with Crippen LogP contribution in [0.1, 0.15) is 11.1 Å². The van der Waals surface area contributed by atoms with Crippen LogP contribution in [-0.4, -0.2) is 6.21 Å². The van der Waals surface area contributed by atoms with Crippen molar-refractivity contribution in [3.63, 3.8) is 0 Å². The first-order valence-corrected chi connectivity index (χ1v) is 11.5. The van der Waals surface area contributed by atoms with Crippen molar-refractivity contribution < 1.29 is 0 Å². The Morgan fingerprint density at radius 3 is 1.97 bits per heavy atom. The Bertz CT molecular complexity index is 1370. The van der Waals surface area contributed by atoms with Crippen molar-refractivity contribution in [1.82, 2.24) is 0 Å². The average molecular weight is 439 g/mol. The summed E-state index contributed by atoms with van der Waals surface area (Å²) in [5.41, 5.74) is 9.13. The fourth-order valence-electron chi connectivity index (χ4n) is 4.02. The molecule has 0 amide bonds. The molecular weight excluding hydrogens is 412 g/mol. The van der Waals surface area contributed by atoms with Crippen molar-refractivity contribution in [2.24, 2.45) is 4.99 Å². The summed E-state index contributed by atoms with van der Waals surface area (Å²) in [6.07, 6.45) is 1.94. The lowest BCUT2D eigenvalue weighted by Crippen LogP contribution is -1.95. The number of aliphatic imine (C=N–C) groups is 1. The van der Waals surface area contributed by atoms with Gasteiger partial charge in [0.15, 0.2) is 0 Å². The number of hydrogen-bond acceptors (Lipinski definition) is 2. The van der Waals surface area contributed by atoms with Gasteiger partial charge in [-0.3, -0.25) is 4.99 Å². The molecule has 5 aromatic carbocycles. The Balaban J connectivity index is 1.44. The molecule has 0 spiro atoms. The van der Waals surface area contributed by atoms with Crippen LogP contribution in [0, 0.1) is 0 Å². The summed E-state index contributed by atoms with van der Waals surface area (Å²) in [6.45, 7) is 0.676. The molecule has 5 aromatic rings. The molecule has 0 aliphatic carbocycles. The highest BCUT2D eigenvalue weighted by atomic mass is 14.9. The summed E-state index contributed by atoms with van der Waals surface area (Å²) in [4.78, 5) is 4.63. The molecule has 0 atom stereocenters. The van der Waals surface area contributed by atoms with E-state index in [2.05, 4.69) is 113 Å². The van der Waals surface area contributed by atoms with Gasteiger partial charge in [-0.1, -0.05) is 115 Å². The molecule has 34 heavy (non-hydrogen) atoms. The van der Waals surface area contributed by atoms with Crippen molar-refractivity contribution in [3.8, 4) is 22.3 Å². The molecular formula is C32H26N2. The second-order valence-electron chi connectivity index (χ2n) is 8.20. The fourth-order valence-corrected chi connectivity index (χ4v) is 4.02. The quantitative estimate of drug-likeness (QED) is 0.254.